The van der Waals surface area contributed by atoms with E-state index >= 15 is 0 Å². The Bertz CT molecular complexity index is 1290. The number of thiophene rings is 1. The van der Waals surface area contributed by atoms with Gasteiger partial charge in [-0.25, -0.2) is 0 Å². The molecule has 1 aromatic heterocycles. The fourth-order valence-corrected chi connectivity index (χ4v) is 6.88. The number of ether oxygens (including phenoxy) is 1. The maximum absolute atomic E-state index is 13.3. The number of primary amides is 1. The normalized spacial score (nSPS) is 16.6. The van der Waals surface area contributed by atoms with Gasteiger partial charge in [0.15, 0.2) is 11.9 Å². The Morgan fingerprint density at radius 2 is 1.86 bits per heavy atom. The molecule has 37 heavy (non-hydrogen) atoms. The number of hydrogen-bond acceptors (Lipinski definition) is 6. The van der Waals surface area contributed by atoms with E-state index in [9.17, 15) is 22.6 Å². The van der Waals surface area contributed by atoms with Gasteiger partial charge in [-0.3, -0.25) is 14.1 Å². The maximum atomic E-state index is 13.3. The standard InChI is InChI=1S/C28H39NO6S2/c1-7-19-14-18(13-16(3)24(19)35-25(27(29)31)17(4)37(32,33)34)9-10-22(30)26-20-11-12-28(5,6)15-21(20)23(8-2)36-26/h13-14,17,25H,7-12,15H2,1-6H3,(H2,29,31)(H,32,33,34). The zero-order chi connectivity index (χ0) is 27.7. The van der Waals surface area contributed by atoms with Crippen LogP contribution in [0.1, 0.15) is 89.8 Å². The van der Waals surface area contributed by atoms with E-state index < -0.39 is 27.4 Å². The molecule has 7 nitrogen and oxygen atoms in total. The van der Waals surface area contributed by atoms with Crippen molar-refractivity contribution < 1.29 is 27.3 Å². The average Bonchev–Trinajstić information content (AvgIpc) is 3.16. The average molecular weight is 550 g/mol. The number of carbonyl (C=O) groups excluding carboxylic acids is 2. The molecule has 1 heterocycles. The van der Waals surface area contributed by atoms with Crippen LogP contribution < -0.4 is 10.5 Å². The lowest BCUT2D eigenvalue weighted by Crippen LogP contribution is -2.45. The molecular formula is C28H39NO6S2. The molecular weight excluding hydrogens is 510 g/mol. The van der Waals surface area contributed by atoms with Crippen LogP contribution >= 0.6 is 11.3 Å². The van der Waals surface area contributed by atoms with Gasteiger partial charge in [-0.15, -0.1) is 11.3 Å². The monoisotopic (exact) mass is 549 g/mol. The zero-order valence-corrected chi connectivity index (χ0v) is 24.3. The second-order valence-corrected chi connectivity index (χ2v) is 13.7. The van der Waals surface area contributed by atoms with Gasteiger partial charge in [0.2, 0.25) is 0 Å². The molecule has 0 bridgehead atoms. The van der Waals surface area contributed by atoms with E-state index in [4.69, 9.17) is 10.5 Å². The largest absolute Gasteiger partial charge is 0.479 e. The smallest absolute Gasteiger partial charge is 0.271 e. The van der Waals surface area contributed by atoms with Gasteiger partial charge < -0.3 is 10.5 Å². The second kappa shape index (κ2) is 11.3. The van der Waals surface area contributed by atoms with Crippen LogP contribution in [-0.4, -0.2) is 36.0 Å². The third-order valence-electron chi connectivity index (χ3n) is 7.34. The Labute approximate surface area is 224 Å². The van der Waals surface area contributed by atoms with E-state index in [-0.39, 0.29) is 11.2 Å². The van der Waals surface area contributed by atoms with Gasteiger partial charge in [0.25, 0.3) is 16.0 Å². The van der Waals surface area contributed by atoms with E-state index in [0.717, 1.165) is 41.7 Å². The third kappa shape index (κ3) is 6.62. The lowest BCUT2D eigenvalue weighted by Gasteiger charge is -2.30. The van der Waals surface area contributed by atoms with Crippen molar-refractivity contribution in [2.24, 2.45) is 11.1 Å². The molecule has 3 N–H and O–H groups in total. The first-order chi connectivity index (χ1) is 17.2. The first-order valence-electron chi connectivity index (χ1n) is 12.9. The van der Waals surface area contributed by atoms with Crippen LogP contribution in [0.4, 0.5) is 0 Å². The number of benzene rings is 1. The summed E-state index contributed by atoms with van der Waals surface area (Å²) in [7, 11) is -4.53. The van der Waals surface area contributed by atoms with Gasteiger partial charge in [-0.2, -0.15) is 8.42 Å². The van der Waals surface area contributed by atoms with Crippen molar-refractivity contribution in [1.82, 2.24) is 0 Å². The summed E-state index contributed by atoms with van der Waals surface area (Å²) in [5.74, 6) is -0.428. The maximum Gasteiger partial charge on any atom is 0.271 e. The van der Waals surface area contributed by atoms with Crippen molar-refractivity contribution in [2.45, 2.75) is 97.8 Å². The number of Topliss-reactive ketones (excluding diaryl/α,β-unsaturated/α-hetero) is 1. The van der Waals surface area contributed by atoms with Gasteiger partial charge in [-0.05, 0) is 85.6 Å². The molecule has 3 rings (SSSR count). The minimum atomic E-state index is -4.53. The number of rotatable bonds is 11. The number of aryl methyl sites for hydroxylation is 4. The molecule has 1 amide bonds. The van der Waals surface area contributed by atoms with Crippen LogP contribution in [0, 0.1) is 12.3 Å². The van der Waals surface area contributed by atoms with Crippen molar-refractivity contribution in [3.63, 3.8) is 0 Å². The highest BCUT2D eigenvalue weighted by atomic mass is 32.2. The fraction of sp³-hybridized carbons (Fsp3) is 0.571. The van der Waals surface area contributed by atoms with E-state index in [1.165, 1.54) is 22.9 Å². The molecule has 0 saturated heterocycles. The highest BCUT2D eigenvalue weighted by molar-refractivity contribution is 7.86. The molecule has 1 aromatic carbocycles. The van der Waals surface area contributed by atoms with Crippen LogP contribution in [0.2, 0.25) is 0 Å². The van der Waals surface area contributed by atoms with Crippen molar-refractivity contribution in [3.05, 3.63) is 49.7 Å². The van der Waals surface area contributed by atoms with E-state index in [2.05, 4.69) is 20.8 Å². The van der Waals surface area contributed by atoms with Crippen molar-refractivity contribution >= 4 is 33.1 Å². The Hall–Kier alpha value is -2.23. The fourth-order valence-electron chi connectivity index (χ4n) is 5.11. The number of fused-ring (bicyclic) bond motifs is 1. The predicted molar refractivity (Wildman–Crippen MR) is 147 cm³/mol. The second-order valence-electron chi connectivity index (χ2n) is 10.8. The Kier molecular flexibility index (Phi) is 8.92. The molecule has 1 aliphatic carbocycles. The molecule has 0 fully saturated rings. The molecule has 2 unspecified atom stereocenters. The van der Waals surface area contributed by atoms with Crippen LogP contribution in [-0.2, 0) is 47.0 Å². The summed E-state index contributed by atoms with van der Waals surface area (Å²) >= 11 is 1.66. The van der Waals surface area contributed by atoms with Crippen molar-refractivity contribution in [1.29, 1.82) is 0 Å². The SMILES string of the molecule is CCc1cc(CCC(=O)c2sc(CC)c3c2CCC(C)(C)C3)cc(C)c1OC(C(N)=O)C(C)S(=O)(=O)O. The quantitative estimate of drug-likeness (QED) is 0.300. The molecule has 2 atom stereocenters. The van der Waals surface area contributed by atoms with Crippen LogP contribution in [0.3, 0.4) is 0 Å². The predicted octanol–water partition coefficient (Wildman–Crippen LogP) is 5.02. The molecule has 0 radical (unpaired) electrons. The number of hydrogen-bond donors (Lipinski definition) is 2. The lowest BCUT2D eigenvalue weighted by molar-refractivity contribution is -0.124. The number of carbonyl (C=O) groups is 2. The molecule has 0 spiro atoms. The minimum Gasteiger partial charge on any atom is -0.479 e. The van der Waals surface area contributed by atoms with Crippen LogP contribution in [0.25, 0.3) is 0 Å². The molecule has 0 aliphatic heterocycles. The summed E-state index contributed by atoms with van der Waals surface area (Å²) < 4.78 is 38.4. The lowest BCUT2D eigenvalue weighted by atomic mass is 9.74. The Morgan fingerprint density at radius 1 is 1.19 bits per heavy atom. The van der Waals surface area contributed by atoms with Gasteiger partial charge in [0.1, 0.15) is 11.0 Å². The third-order valence-corrected chi connectivity index (χ3v) is 9.98. The van der Waals surface area contributed by atoms with Crippen LogP contribution in [0.5, 0.6) is 5.75 Å². The summed E-state index contributed by atoms with van der Waals surface area (Å²) in [5, 5.41) is -1.51. The summed E-state index contributed by atoms with van der Waals surface area (Å²) in [6.07, 6.45) is 4.00. The zero-order valence-electron chi connectivity index (χ0n) is 22.6. The van der Waals surface area contributed by atoms with E-state index in [0.29, 0.717) is 30.6 Å². The summed E-state index contributed by atoms with van der Waals surface area (Å²) in [4.78, 5) is 27.5. The van der Waals surface area contributed by atoms with Gasteiger partial charge in [0.05, 0.1) is 4.88 Å². The number of nitrogens with two attached hydrogens (primary N) is 1. The Balaban J connectivity index is 1.81. The number of ketones is 1. The van der Waals surface area contributed by atoms with Gasteiger partial charge in [-0.1, -0.05) is 39.8 Å². The van der Waals surface area contributed by atoms with Crippen molar-refractivity contribution in [3.8, 4) is 5.75 Å². The summed E-state index contributed by atoms with van der Waals surface area (Å²) in [6, 6.07) is 3.82. The molecule has 0 saturated carbocycles. The highest BCUT2D eigenvalue weighted by Crippen LogP contribution is 2.42. The summed E-state index contributed by atoms with van der Waals surface area (Å²) in [6.45, 7) is 11.7. The minimum absolute atomic E-state index is 0.174. The topological polar surface area (TPSA) is 124 Å². The first kappa shape index (κ1) is 29.3. The molecule has 204 valence electrons. The van der Waals surface area contributed by atoms with Crippen LogP contribution in [0.15, 0.2) is 12.1 Å². The Morgan fingerprint density at radius 3 is 2.43 bits per heavy atom. The van der Waals surface area contributed by atoms with E-state index in [1.807, 2.05) is 19.1 Å². The molecule has 2 aromatic rings. The first-order valence-corrected chi connectivity index (χ1v) is 15.2. The van der Waals surface area contributed by atoms with Crippen molar-refractivity contribution in [2.75, 3.05) is 0 Å². The van der Waals surface area contributed by atoms with Gasteiger partial charge in [0, 0.05) is 11.3 Å². The van der Waals surface area contributed by atoms with E-state index in [1.54, 1.807) is 18.3 Å². The number of amides is 1. The highest BCUT2D eigenvalue weighted by Gasteiger charge is 2.35. The molecule has 1 aliphatic rings. The molecule has 9 heteroatoms. The van der Waals surface area contributed by atoms with Gasteiger partial charge >= 0.3 is 0 Å². The summed E-state index contributed by atoms with van der Waals surface area (Å²) in [5.41, 5.74) is 10.8.